The van der Waals surface area contributed by atoms with Gasteiger partial charge in [-0.3, -0.25) is 9.98 Å². The number of allylic oxidation sites excluding steroid dienone is 2. The Morgan fingerprint density at radius 1 is 0.583 bits per heavy atom. The minimum atomic E-state index is 0.923. The Morgan fingerprint density at radius 2 is 0.972 bits per heavy atom. The van der Waals surface area contributed by atoms with E-state index in [2.05, 4.69) is 89.6 Å². The first-order valence-electron chi connectivity index (χ1n) is 12.9. The number of aliphatic imine (C=N–C) groups is 2. The molecule has 3 rings (SSSR count). The van der Waals surface area contributed by atoms with Gasteiger partial charge in [-0.25, -0.2) is 0 Å². The summed E-state index contributed by atoms with van der Waals surface area (Å²) in [5.41, 5.74) is 6.14. The van der Waals surface area contributed by atoms with Crippen LogP contribution in [0.15, 0.2) is 82.1 Å². The van der Waals surface area contributed by atoms with Crippen LogP contribution in [-0.2, 0) is 0 Å². The molecule has 36 heavy (non-hydrogen) atoms. The van der Waals surface area contributed by atoms with E-state index in [1.807, 2.05) is 36.7 Å². The van der Waals surface area contributed by atoms with Gasteiger partial charge in [0.2, 0.25) is 0 Å². The number of quaternary nitrogens is 2. The fourth-order valence-electron chi connectivity index (χ4n) is 3.93. The van der Waals surface area contributed by atoms with Gasteiger partial charge in [0.15, 0.2) is 0 Å². The molecule has 6 heteroatoms. The Balaban J connectivity index is 1.93. The number of rotatable bonds is 8. The highest BCUT2D eigenvalue weighted by Gasteiger charge is 2.09. The predicted octanol–water partition coefficient (Wildman–Crippen LogP) is 6.37. The molecule has 2 aromatic carbocycles. The zero-order valence-electron chi connectivity index (χ0n) is 23.0. The van der Waals surface area contributed by atoms with Gasteiger partial charge in [-0.2, -0.15) is 0 Å². The summed E-state index contributed by atoms with van der Waals surface area (Å²) in [7, 11) is 13.4. The molecule has 0 bridgehead atoms. The Kier molecular flexibility index (Phi) is 9.62. The Labute approximate surface area is 218 Å². The summed E-state index contributed by atoms with van der Waals surface area (Å²) in [5, 5.41) is 7.01. The van der Waals surface area contributed by atoms with E-state index in [4.69, 9.17) is 9.98 Å². The lowest BCUT2D eigenvalue weighted by molar-refractivity contribution is -0.870. The van der Waals surface area contributed by atoms with Crippen molar-refractivity contribution < 1.29 is 8.97 Å². The van der Waals surface area contributed by atoms with Crippen molar-refractivity contribution in [2.45, 2.75) is 25.7 Å². The third-order valence-corrected chi connectivity index (χ3v) is 5.96. The number of nitrogens with one attached hydrogen (secondary N) is 2. The molecule has 1 aliphatic rings. The minimum Gasteiger partial charge on any atom is -0.360 e. The van der Waals surface area contributed by atoms with Crippen LogP contribution in [-0.4, -0.2) is 76.8 Å². The highest BCUT2D eigenvalue weighted by Crippen LogP contribution is 2.27. The number of hydrogen-bond acceptors (Lipinski definition) is 4. The van der Waals surface area contributed by atoms with Crippen LogP contribution in [0.25, 0.3) is 0 Å². The van der Waals surface area contributed by atoms with E-state index in [-0.39, 0.29) is 0 Å². The van der Waals surface area contributed by atoms with Crippen molar-refractivity contribution in [3.8, 4) is 0 Å². The average Bonchev–Trinajstić information content (AvgIpc) is 2.81. The lowest BCUT2D eigenvalue weighted by Gasteiger charge is -2.23. The molecule has 1 heterocycles. The second kappa shape index (κ2) is 12.7. The van der Waals surface area contributed by atoms with Crippen molar-refractivity contribution in [1.82, 2.24) is 0 Å². The van der Waals surface area contributed by atoms with E-state index in [1.54, 1.807) is 0 Å². The molecule has 2 N–H and O–H groups in total. The first-order valence-corrected chi connectivity index (χ1v) is 12.9. The molecular weight excluding hydrogens is 444 g/mol. The largest absolute Gasteiger partial charge is 0.360 e. The Morgan fingerprint density at radius 3 is 1.36 bits per heavy atom. The molecule has 0 aromatic heterocycles. The highest BCUT2D eigenvalue weighted by atomic mass is 15.3. The number of anilines is 2. The summed E-state index contributed by atoms with van der Waals surface area (Å²) in [6.07, 6.45) is 12.2. The molecule has 0 saturated heterocycles. The van der Waals surface area contributed by atoms with Gasteiger partial charge in [-0.15, -0.1) is 0 Å². The van der Waals surface area contributed by atoms with Gasteiger partial charge < -0.3 is 19.6 Å². The normalized spacial score (nSPS) is 17.4. The summed E-state index contributed by atoms with van der Waals surface area (Å²) in [4.78, 5) is 9.76. The Bertz CT molecular complexity index is 1020. The maximum atomic E-state index is 4.88. The van der Waals surface area contributed by atoms with Gasteiger partial charge in [0.25, 0.3) is 0 Å². The first-order chi connectivity index (χ1) is 17.1. The highest BCUT2D eigenvalue weighted by molar-refractivity contribution is 5.87. The summed E-state index contributed by atoms with van der Waals surface area (Å²) in [5.74, 6) is 0. The molecule has 0 fully saturated rings. The summed E-state index contributed by atoms with van der Waals surface area (Å²) < 4.78 is 1.90. The van der Waals surface area contributed by atoms with Crippen LogP contribution in [0.4, 0.5) is 22.7 Å². The summed E-state index contributed by atoms with van der Waals surface area (Å²) >= 11 is 0. The molecule has 0 saturated carbocycles. The summed E-state index contributed by atoms with van der Waals surface area (Å²) in [6.45, 7) is 2.21. The number of para-hydroxylation sites is 4. The molecule has 0 radical (unpaired) electrons. The van der Waals surface area contributed by atoms with Crippen LogP contribution in [0.5, 0.6) is 0 Å². The van der Waals surface area contributed by atoms with Crippen LogP contribution < -0.4 is 10.6 Å². The topological polar surface area (TPSA) is 48.8 Å². The first kappa shape index (κ1) is 27.4. The fraction of sp³-hybridized carbons (Fsp3) is 0.400. The van der Waals surface area contributed by atoms with Crippen molar-refractivity contribution in [3.63, 3.8) is 0 Å². The number of nitrogens with zero attached hydrogens (tertiary/aromatic N) is 4. The average molecular weight is 489 g/mol. The second-order valence-corrected chi connectivity index (χ2v) is 11.5. The lowest BCUT2D eigenvalue weighted by Crippen LogP contribution is -2.35. The zero-order valence-corrected chi connectivity index (χ0v) is 23.0. The van der Waals surface area contributed by atoms with Gasteiger partial charge in [-0.1, -0.05) is 24.3 Å². The monoisotopic (exact) mass is 488 g/mol. The SMILES string of the molecule is C[N+](C)(C)CCC/C1=C\Nc2ccccc2N=C/C(CCC[N+](C)(C)C)=C/Nc2ccccc2N=C1. The quantitative estimate of drug-likeness (QED) is 0.424. The van der Waals surface area contributed by atoms with E-state index in [1.165, 1.54) is 0 Å². The number of fused-ring (bicyclic) bond motifs is 2. The molecule has 0 unspecified atom stereocenters. The molecule has 0 spiro atoms. The van der Waals surface area contributed by atoms with Crippen LogP contribution in [0.2, 0.25) is 0 Å². The molecule has 0 amide bonds. The van der Waals surface area contributed by atoms with E-state index >= 15 is 0 Å². The van der Waals surface area contributed by atoms with Crippen LogP contribution in [0.1, 0.15) is 25.7 Å². The van der Waals surface area contributed by atoms with Gasteiger partial charge >= 0.3 is 0 Å². The fourth-order valence-corrected chi connectivity index (χ4v) is 3.93. The lowest BCUT2D eigenvalue weighted by atomic mass is 10.1. The third kappa shape index (κ3) is 9.80. The molecule has 1 aliphatic heterocycles. The number of hydrogen-bond donors (Lipinski definition) is 2. The van der Waals surface area contributed by atoms with Crippen molar-refractivity contribution in [2.75, 3.05) is 66.0 Å². The van der Waals surface area contributed by atoms with Crippen LogP contribution >= 0.6 is 0 Å². The van der Waals surface area contributed by atoms with Crippen molar-refractivity contribution in [1.29, 1.82) is 0 Å². The second-order valence-electron chi connectivity index (χ2n) is 11.5. The Hall–Kier alpha value is -3.22. The van der Waals surface area contributed by atoms with Crippen LogP contribution in [0.3, 0.4) is 0 Å². The van der Waals surface area contributed by atoms with E-state index in [9.17, 15) is 0 Å². The van der Waals surface area contributed by atoms with E-state index in [0.29, 0.717) is 0 Å². The molecule has 2 aromatic rings. The van der Waals surface area contributed by atoms with Gasteiger partial charge in [0.05, 0.1) is 78.1 Å². The van der Waals surface area contributed by atoms with Crippen molar-refractivity contribution >= 4 is 35.2 Å². The van der Waals surface area contributed by atoms with Crippen molar-refractivity contribution in [3.05, 3.63) is 72.1 Å². The van der Waals surface area contributed by atoms with Gasteiger partial charge in [0.1, 0.15) is 0 Å². The number of benzene rings is 2. The van der Waals surface area contributed by atoms with Crippen molar-refractivity contribution in [2.24, 2.45) is 9.98 Å². The smallest absolute Gasteiger partial charge is 0.0864 e. The molecule has 192 valence electrons. The maximum absolute atomic E-state index is 4.88. The van der Waals surface area contributed by atoms with E-state index < -0.39 is 0 Å². The summed E-state index contributed by atoms with van der Waals surface area (Å²) in [6, 6.07) is 16.4. The minimum absolute atomic E-state index is 0.923. The zero-order chi connectivity index (χ0) is 26.0. The molecular formula is C30H44N6+2. The molecule has 6 nitrogen and oxygen atoms in total. The third-order valence-electron chi connectivity index (χ3n) is 5.96. The van der Waals surface area contributed by atoms with E-state index in [0.717, 1.165) is 81.6 Å². The standard InChI is InChI=1S/C30H44N6/c1-35(2,3)19-11-13-25-21-31-27-15-7-9-17-29(27)33-23-26(14-12-20-36(4,5)6)24-34-30-18-10-8-16-28(30)32-22-25/h7-10,15-18,21-24,31,34H,11-14,19-20H2,1-6H3/q+2/b25-21+,26-24+,32-22?,33-23?. The van der Waals surface area contributed by atoms with Crippen LogP contribution in [0, 0.1) is 0 Å². The van der Waals surface area contributed by atoms with Gasteiger partial charge in [0, 0.05) is 37.7 Å². The predicted molar refractivity (Wildman–Crippen MR) is 157 cm³/mol. The van der Waals surface area contributed by atoms with Gasteiger partial charge in [-0.05, 0) is 48.3 Å². The molecule has 0 aliphatic carbocycles. The maximum Gasteiger partial charge on any atom is 0.0864 e. The molecule has 0 atom stereocenters.